The van der Waals surface area contributed by atoms with E-state index in [1.807, 2.05) is 42.5 Å². The Balaban J connectivity index is 1.94. The zero-order valence-corrected chi connectivity index (χ0v) is 15.4. The van der Waals surface area contributed by atoms with Crippen LogP contribution in [0.15, 0.2) is 64.2 Å². The van der Waals surface area contributed by atoms with E-state index in [1.54, 1.807) is 0 Å². The first-order valence-electron chi connectivity index (χ1n) is 8.36. The summed E-state index contributed by atoms with van der Waals surface area (Å²) >= 11 is 3.56. The molecule has 0 saturated carbocycles. The molecule has 2 aromatic rings. The second-order valence-corrected chi connectivity index (χ2v) is 6.96. The Morgan fingerprint density at radius 3 is 2.84 bits per heavy atom. The molecule has 2 aromatic carbocycles. The third-order valence-corrected chi connectivity index (χ3v) is 4.89. The molecular formula is C20H19BrN4. The van der Waals surface area contributed by atoms with Crippen LogP contribution < -0.4 is 0 Å². The zero-order valence-electron chi connectivity index (χ0n) is 13.8. The minimum Gasteiger partial charge on any atom is -0.283 e. The Hall–Kier alpha value is -2.25. The van der Waals surface area contributed by atoms with Gasteiger partial charge in [0.1, 0.15) is 0 Å². The van der Waals surface area contributed by atoms with Gasteiger partial charge >= 0.3 is 0 Å². The van der Waals surface area contributed by atoms with Gasteiger partial charge in [0, 0.05) is 27.5 Å². The average Bonchev–Trinajstić information content (AvgIpc) is 3.09. The number of likely N-dealkylation sites (tertiary alicyclic amines) is 1. The van der Waals surface area contributed by atoms with Gasteiger partial charge in [0.15, 0.2) is 0 Å². The Morgan fingerprint density at radius 2 is 2.08 bits per heavy atom. The molecule has 0 aromatic heterocycles. The second kappa shape index (κ2) is 8.73. The van der Waals surface area contributed by atoms with Crippen LogP contribution in [-0.2, 0) is 0 Å². The van der Waals surface area contributed by atoms with Crippen molar-refractivity contribution in [3.05, 3.63) is 80.6 Å². The molecule has 0 unspecified atom stereocenters. The molecule has 0 spiro atoms. The van der Waals surface area contributed by atoms with Crippen molar-refractivity contribution in [1.29, 1.82) is 0 Å². The minimum absolute atomic E-state index is 0.0147. The number of hydrogen-bond donors (Lipinski definition) is 0. The minimum atomic E-state index is -0.0147. The predicted octanol–water partition coefficient (Wildman–Crippen LogP) is 5.32. The van der Waals surface area contributed by atoms with E-state index < -0.39 is 0 Å². The molecule has 2 atom stereocenters. The Morgan fingerprint density at radius 1 is 1.24 bits per heavy atom. The number of rotatable bonds is 4. The highest BCUT2D eigenvalue weighted by atomic mass is 79.9. The number of nitrogens with zero attached hydrogens (tertiary/aromatic N) is 4. The molecule has 25 heavy (non-hydrogen) atoms. The van der Waals surface area contributed by atoms with E-state index >= 15 is 0 Å². The van der Waals surface area contributed by atoms with Crippen LogP contribution in [0.4, 0.5) is 0 Å². The summed E-state index contributed by atoms with van der Waals surface area (Å²) in [6.07, 6.45) is 2.14. The molecule has 0 radical (unpaired) electrons. The van der Waals surface area contributed by atoms with Crippen LogP contribution in [0, 0.1) is 11.8 Å². The number of azide groups is 1. The normalized spacial score (nSPS) is 18.0. The van der Waals surface area contributed by atoms with Crippen molar-refractivity contribution >= 4 is 15.9 Å². The highest BCUT2D eigenvalue weighted by molar-refractivity contribution is 9.10. The highest BCUT2D eigenvalue weighted by Gasteiger charge is 2.30. The standard InChI is InChI=1S/C20H19BrN4/c21-18-9-4-8-17(14-18)20(12-11-16-6-2-1-3-7-16)25-13-5-10-19(25)15-23-24-22/h1-4,6-9,14,19-20H,5,10,13,15H2/t19-,20+/m0/s1. The SMILES string of the molecule is [N-]=[N+]=NC[C@@H]1CCCN1[C@H](C#Cc1ccccc1)c1cccc(Br)c1. The van der Waals surface area contributed by atoms with E-state index in [2.05, 4.69) is 54.8 Å². The largest absolute Gasteiger partial charge is 0.283 e. The van der Waals surface area contributed by atoms with Crippen LogP contribution in [0.2, 0.25) is 0 Å². The van der Waals surface area contributed by atoms with Crippen LogP contribution in [0.25, 0.3) is 10.4 Å². The first-order valence-corrected chi connectivity index (χ1v) is 9.16. The Bertz CT molecular complexity index is 818. The van der Waals surface area contributed by atoms with E-state index in [9.17, 15) is 0 Å². The second-order valence-electron chi connectivity index (χ2n) is 6.04. The van der Waals surface area contributed by atoms with Gasteiger partial charge in [-0.05, 0) is 54.7 Å². The maximum Gasteiger partial charge on any atom is 0.0977 e. The molecule has 4 nitrogen and oxygen atoms in total. The van der Waals surface area contributed by atoms with Crippen molar-refractivity contribution < 1.29 is 0 Å². The fraction of sp³-hybridized carbons (Fsp3) is 0.300. The quantitative estimate of drug-likeness (QED) is 0.299. The van der Waals surface area contributed by atoms with Crippen molar-refractivity contribution in [2.75, 3.05) is 13.1 Å². The molecule has 0 amide bonds. The summed E-state index contributed by atoms with van der Waals surface area (Å²) in [7, 11) is 0. The molecule has 1 fully saturated rings. The summed E-state index contributed by atoms with van der Waals surface area (Å²) in [5, 5.41) is 3.80. The maximum absolute atomic E-state index is 8.66. The number of hydrogen-bond acceptors (Lipinski definition) is 2. The fourth-order valence-corrected chi connectivity index (χ4v) is 3.65. The molecule has 0 N–H and O–H groups in total. The van der Waals surface area contributed by atoms with Crippen LogP contribution in [0.1, 0.15) is 30.0 Å². The van der Waals surface area contributed by atoms with Crippen molar-refractivity contribution in [3.8, 4) is 11.8 Å². The van der Waals surface area contributed by atoms with Crippen LogP contribution in [0.3, 0.4) is 0 Å². The van der Waals surface area contributed by atoms with Gasteiger partial charge in [-0.25, -0.2) is 0 Å². The van der Waals surface area contributed by atoms with E-state index in [4.69, 9.17) is 5.53 Å². The third kappa shape index (κ3) is 4.64. The van der Waals surface area contributed by atoms with Gasteiger partial charge in [0.25, 0.3) is 0 Å². The van der Waals surface area contributed by atoms with Crippen molar-refractivity contribution in [2.24, 2.45) is 5.11 Å². The van der Waals surface area contributed by atoms with Crippen molar-refractivity contribution in [1.82, 2.24) is 4.90 Å². The van der Waals surface area contributed by atoms with Crippen LogP contribution in [0.5, 0.6) is 0 Å². The maximum atomic E-state index is 8.66. The molecule has 1 aliphatic heterocycles. The van der Waals surface area contributed by atoms with Gasteiger partial charge in [-0.15, -0.1) is 0 Å². The van der Waals surface area contributed by atoms with Gasteiger partial charge < -0.3 is 0 Å². The molecule has 5 heteroatoms. The smallest absolute Gasteiger partial charge is 0.0977 e. The van der Waals surface area contributed by atoms with E-state index in [0.717, 1.165) is 35.0 Å². The molecule has 0 bridgehead atoms. The Labute approximate surface area is 156 Å². The van der Waals surface area contributed by atoms with Crippen molar-refractivity contribution in [2.45, 2.75) is 24.9 Å². The molecule has 3 rings (SSSR count). The van der Waals surface area contributed by atoms with Crippen LogP contribution >= 0.6 is 15.9 Å². The van der Waals surface area contributed by atoms with Crippen molar-refractivity contribution in [3.63, 3.8) is 0 Å². The summed E-state index contributed by atoms with van der Waals surface area (Å²) in [6, 6.07) is 18.5. The summed E-state index contributed by atoms with van der Waals surface area (Å²) in [4.78, 5) is 5.30. The van der Waals surface area contributed by atoms with E-state index in [1.165, 1.54) is 0 Å². The highest BCUT2D eigenvalue weighted by Crippen LogP contribution is 2.30. The first kappa shape index (κ1) is 17.6. The lowest BCUT2D eigenvalue weighted by Crippen LogP contribution is -2.34. The molecule has 1 heterocycles. The fourth-order valence-electron chi connectivity index (χ4n) is 3.23. The van der Waals surface area contributed by atoms with Gasteiger partial charge in [0.05, 0.1) is 6.04 Å². The van der Waals surface area contributed by atoms with Gasteiger partial charge in [-0.1, -0.05) is 63.2 Å². The lowest BCUT2D eigenvalue weighted by Gasteiger charge is -2.29. The third-order valence-electron chi connectivity index (χ3n) is 4.40. The molecule has 0 aliphatic carbocycles. The van der Waals surface area contributed by atoms with Gasteiger partial charge in [-0.2, -0.15) is 0 Å². The molecule has 1 saturated heterocycles. The Kier molecular flexibility index (Phi) is 6.14. The van der Waals surface area contributed by atoms with E-state index in [-0.39, 0.29) is 12.1 Å². The zero-order chi connectivity index (χ0) is 17.5. The molecule has 1 aliphatic rings. The monoisotopic (exact) mass is 394 g/mol. The van der Waals surface area contributed by atoms with Gasteiger partial charge in [0.2, 0.25) is 0 Å². The lowest BCUT2D eigenvalue weighted by molar-refractivity contribution is 0.223. The number of benzene rings is 2. The summed E-state index contributed by atoms with van der Waals surface area (Å²) < 4.78 is 1.04. The van der Waals surface area contributed by atoms with Crippen LogP contribution in [-0.4, -0.2) is 24.0 Å². The number of halogens is 1. The summed E-state index contributed by atoms with van der Waals surface area (Å²) in [5.74, 6) is 6.75. The summed E-state index contributed by atoms with van der Waals surface area (Å²) in [5.41, 5.74) is 10.8. The first-order chi connectivity index (χ1) is 12.3. The topological polar surface area (TPSA) is 52.0 Å². The van der Waals surface area contributed by atoms with E-state index in [0.29, 0.717) is 6.54 Å². The summed E-state index contributed by atoms with van der Waals surface area (Å²) in [6.45, 7) is 1.46. The van der Waals surface area contributed by atoms with Gasteiger partial charge in [-0.3, -0.25) is 4.90 Å². The average molecular weight is 395 g/mol. The lowest BCUT2D eigenvalue weighted by atomic mass is 10.0. The predicted molar refractivity (Wildman–Crippen MR) is 104 cm³/mol. The molecular weight excluding hydrogens is 376 g/mol. The molecule has 126 valence electrons.